The van der Waals surface area contributed by atoms with E-state index >= 15 is 0 Å². The first kappa shape index (κ1) is 10.9. The van der Waals surface area contributed by atoms with Crippen LogP contribution in [0.3, 0.4) is 0 Å². The van der Waals surface area contributed by atoms with E-state index in [1.165, 1.54) is 0 Å². The Balaban J connectivity index is 2.31. The topological polar surface area (TPSA) is 12.9 Å². The van der Waals surface area contributed by atoms with E-state index in [1.807, 2.05) is 49.4 Å². The van der Waals surface area contributed by atoms with Gasteiger partial charge in [-0.25, -0.2) is 4.39 Å². The molecule has 0 atom stereocenters. The number of fused-ring (bicyclic) bond motifs is 1. The van der Waals surface area contributed by atoms with Crippen molar-refractivity contribution in [2.75, 3.05) is 0 Å². The molecule has 0 unspecified atom stereocenters. The van der Waals surface area contributed by atoms with Crippen molar-refractivity contribution in [1.29, 1.82) is 0 Å². The minimum Gasteiger partial charge on any atom is -0.256 e. The Labute approximate surface area is 105 Å². The second-order valence-electron chi connectivity index (χ2n) is 4.36. The van der Waals surface area contributed by atoms with Crippen LogP contribution in [-0.2, 0) is 0 Å². The monoisotopic (exact) mass is 237 g/mol. The van der Waals surface area contributed by atoms with Crippen LogP contribution in [0.5, 0.6) is 0 Å². The molecule has 0 aliphatic heterocycles. The van der Waals surface area contributed by atoms with Gasteiger partial charge in [-0.1, -0.05) is 30.3 Å². The van der Waals surface area contributed by atoms with Gasteiger partial charge in [-0.05, 0) is 36.2 Å². The molecule has 0 bridgehead atoms. The van der Waals surface area contributed by atoms with E-state index in [9.17, 15) is 4.39 Å². The molecule has 0 saturated heterocycles. The summed E-state index contributed by atoms with van der Waals surface area (Å²) in [6.45, 7) is 1.89. The average Bonchev–Trinajstić information content (AvgIpc) is 2.38. The Bertz CT molecular complexity index is 714. The molecule has 88 valence electrons. The van der Waals surface area contributed by atoms with Crippen molar-refractivity contribution in [2.24, 2.45) is 0 Å². The van der Waals surface area contributed by atoms with Crippen LogP contribution < -0.4 is 0 Å². The van der Waals surface area contributed by atoms with Crippen LogP contribution in [0.4, 0.5) is 4.39 Å². The minimum absolute atomic E-state index is 0.189. The number of aryl methyl sites for hydroxylation is 1. The zero-order valence-corrected chi connectivity index (χ0v) is 10.0. The highest BCUT2D eigenvalue weighted by molar-refractivity contribution is 5.94. The first-order chi connectivity index (χ1) is 8.75. The molecule has 0 amide bonds. The van der Waals surface area contributed by atoms with Gasteiger partial charge in [0.25, 0.3) is 0 Å². The fourth-order valence-electron chi connectivity index (χ4n) is 2.18. The molecule has 3 rings (SSSR count). The van der Waals surface area contributed by atoms with Crippen molar-refractivity contribution in [1.82, 2.24) is 4.98 Å². The Morgan fingerprint density at radius 2 is 1.83 bits per heavy atom. The number of hydrogen-bond acceptors (Lipinski definition) is 1. The van der Waals surface area contributed by atoms with Crippen molar-refractivity contribution in [3.05, 3.63) is 66.1 Å². The molecule has 3 aromatic rings. The highest BCUT2D eigenvalue weighted by atomic mass is 19.1. The molecule has 1 aromatic heterocycles. The van der Waals surface area contributed by atoms with E-state index in [1.54, 1.807) is 12.3 Å². The van der Waals surface area contributed by atoms with E-state index in [4.69, 9.17) is 0 Å². The molecular formula is C16H12FN. The van der Waals surface area contributed by atoms with Gasteiger partial charge >= 0.3 is 0 Å². The highest BCUT2D eigenvalue weighted by Crippen LogP contribution is 2.29. The fourth-order valence-corrected chi connectivity index (χ4v) is 2.18. The van der Waals surface area contributed by atoms with Crippen LogP contribution in [0.1, 0.15) is 5.56 Å². The van der Waals surface area contributed by atoms with Crippen molar-refractivity contribution in [3.63, 3.8) is 0 Å². The molecule has 0 radical (unpaired) electrons. The van der Waals surface area contributed by atoms with Gasteiger partial charge in [0.15, 0.2) is 0 Å². The lowest BCUT2D eigenvalue weighted by molar-refractivity contribution is 0.630. The van der Waals surface area contributed by atoms with Gasteiger partial charge in [0.2, 0.25) is 0 Å². The number of hydrogen-bond donors (Lipinski definition) is 0. The predicted molar refractivity (Wildman–Crippen MR) is 71.9 cm³/mol. The molecule has 0 fully saturated rings. The lowest BCUT2D eigenvalue weighted by atomic mass is 9.99. The molecule has 1 heterocycles. The Morgan fingerprint density at radius 3 is 2.67 bits per heavy atom. The Morgan fingerprint density at radius 1 is 0.944 bits per heavy atom. The Kier molecular flexibility index (Phi) is 2.56. The van der Waals surface area contributed by atoms with E-state index in [0.717, 1.165) is 22.0 Å². The third-order valence-electron chi connectivity index (χ3n) is 3.06. The van der Waals surface area contributed by atoms with E-state index in [0.29, 0.717) is 5.56 Å². The molecule has 18 heavy (non-hydrogen) atoms. The van der Waals surface area contributed by atoms with Crippen molar-refractivity contribution in [3.8, 4) is 11.1 Å². The smallest absolute Gasteiger partial charge is 0.131 e. The van der Waals surface area contributed by atoms with Crippen LogP contribution in [0.2, 0.25) is 0 Å². The molecule has 2 heteroatoms. The number of pyridine rings is 1. The SMILES string of the molecule is Cc1ccc(-c2cccc3ncccc23)c(F)c1. The largest absolute Gasteiger partial charge is 0.256 e. The first-order valence-electron chi connectivity index (χ1n) is 5.86. The molecule has 2 aromatic carbocycles. The average molecular weight is 237 g/mol. The van der Waals surface area contributed by atoms with Gasteiger partial charge in [-0.15, -0.1) is 0 Å². The fraction of sp³-hybridized carbons (Fsp3) is 0.0625. The van der Waals surface area contributed by atoms with Crippen molar-refractivity contribution in [2.45, 2.75) is 6.92 Å². The minimum atomic E-state index is -0.189. The summed E-state index contributed by atoms with van der Waals surface area (Å²) >= 11 is 0. The van der Waals surface area contributed by atoms with Gasteiger partial charge in [0.05, 0.1) is 5.52 Å². The standard InChI is InChI=1S/C16H12FN/c1-11-7-8-13(15(17)10-11)12-4-2-6-16-14(12)5-3-9-18-16/h2-10H,1H3. The summed E-state index contributed by atoms with van der Waals surface area (Å²) < 4.78 is 14.0. The molecule has 0 saturated carbocycles. The molecule has 0 spiro atoms. The maximum Gasteiger partial charge on any atom is 0.131 e. The maximum atomic E-state index is 14.0. The van der Waals surface area contributed by atoms with Gasteiger partial charge in [0.1, 0.15) is 5.82 Å². The number of halogens is 1. The Hall–Kier alpha value is -2.22. The summed E-state index contributed by atoms with van der Waals surface area (Å²) in [4.78, 5) is 4.29. The van der Waals surface area contributed by atoms with E-state index in [-0.39, 0.29) is 5.82 Å². The van der Waals surface area contributed by atoms with Gasteiger partial charge in [0, 0.05) is 17.1 Å². The second kappa shape index (κ2) is 4.22. The number of rotatable bonds is 1. The highest BCUT2D eigenvalue weighted by Gasteiger charge is 2.08. The first-order valence-corrected chi connectivity index (χ1v) is 5.86. The lowest BCUT2D eigenvalue weighted by Crippen LogP contribution is -1.88. The van der Waals surface area contributed by atoms with Crippen LogP contribution in [0.25, 0.3) is 22.0 Å². The number of nitrogens with zero attached hydrogens (tertiary/aromatic N) is 1. The van der Waals surface area contributed by atoms with E-state index in [2.05, 4.69) is 4.98 Å². The summed E-state index contributed by atoms with van der Waals surface area (Å²) in [5, 5.41) is 0.975. The lowest BCUT2D eigenvalue weighted by Gasteiger charge is -2.08. The summed E-state index contributed by atoms with van der Waals surface area (Å²) in [7, 11) is 0. The van der Waals surface area contributed by atoms with Crippen LogP contribution in [0.15, 0.2) is 54.7 Å². The van der Waals surface area contributed by atoms with Crippen molar-refractivity contribution >= 4 is 10.9 Å². The van der Waals surface area contributed by atoms with Crippen LogP contribution in [0, 0.1) is 12.7 Å². The molecule has 0 aliphatic carbocycles. The number of aromatic nitrogens is 1. The normalized spacial score (nSPS) is 10.8. The van der Waals surface area contributed by atoms with Gasteiger partial charge < -0.3 is 0 Å². The molecule has 0 N–H and O–H groups in total. The molecular weight excluding hydrogens is 225 g/mol. The zero-order chi connectivity index (χ0) is 12.5. The summed E-state index contributed by atoms with van der Waals surface area (Å²) in [6, 6.07) is 14.9. The summed E-state index contributed by atoms with van der Waals surface area (Å²) in [5.41, 5.74) is 3.32. The van der Waals surface area contributed by atoms with Crippen molar-refractivity contribution < 1.29 is 4.39 Å². The van der Waals surface area contributed by atoms with Crippen LogP contribution in [-0.4, -0.2) is 4.98 Å². The second-order valence-corrected chi connectivity index (χ2v) is 4.36. The van der Waals surface area contributed by atoms with Crippen LogP contribution >= 0.6 is 0 Å². The quantitative estimate of drug-likeness (QED) is 0.613. The zero-order valence-electron chi connectivity index (χ0n) is 10.0. The maximum absolute atomic E-state index is 14.0. The number of benzene rings is 2. The van der Waals surface area contributed by atoms with Gasteiger partial charge in [-0.2, -0.15) is 0 Å². The summed E-state index contributed by atoms with van der Waals surface area (Å²) in [5.74, 6) is -0.189. The summed E-state index contributed by atoms with van der Waals surface area (Å²) in [6.07, 6.45) is 1.75. The third kappa shape index (κ3) is 1.76. The third-order valence-corrected chi connectivity index (χ3v) is 3.06. The van der Waals surface area contributed by atoms with Gasteiger partial charge in [-0.3, -0.25) is 4.98 Å². The molecule has 0 aliphatic rings. The molecule has 1 nitrogen and oxygen atoms in total. The van der Waals surface area contributed by atoms with E-state index < -0.39 is 0 Å². The predicted octanol–water partition coefficient (Wildman–Crippen LogP) is 4.35.